The molecule has 0 amide bonds. The number of benzene rings is 1. The van der Waals surface area contributed by atoms with Crippen molar-refractivity contribution in [3.63, 3.8) is 0 Å². The molecule has 0 saturated carbocycles. The van der Waals surface area contributed by atoms with Crippen molar-refractivity contribution in [3.8, 4) is 0 Å². The fourth-order valence-corrected chi connectivity index (χ4v) is 1.57. The van der Waals surface area contributed by atoms with E-state index in [0.717, 1.165) is 11.5 Å². The van der Waals surface area contributed by atoms with E-state index < -0.39 is 0 Å². The lowest BCUT2D eigenvalue weighted by Gasteiger charge is -2.21. The van der Waals surface area contributed by atoms with Gasteiger partial charge in [0.2, 0.25) is 5.82 Å². The minimum absolute atomic E-state index is 0.689. The van der Waals surface area contributed by atoms with Crippen LogP contribution in [0.15, 0.2) is 42.7 Å². The summed E-state index contributed by atoms with van der Waals surface area (Å²) in [7, 11) is 6.27. The summed E-state index contributed by atoms with van der Waals surface area (Å²) in [6, 6.07) is 12.2. The molecule has 0 fully saturated rings. The van der Waals surface area contributed by atoms with Gasteiger partial charge >= 0.3 is 0 Å². The predicted octanol–water partition coefficient (Wildman–Crippen LogP) is 2.84. The molecule has 0 atom stereocenters. The van der Waals surface area contributed by atoms with Gasteiger partial charge in [0.1, 0.15) is 6.33 Å². The number of quaternary nitrogens is 1. The Bertz CT molecular complexity index is 539. The Morgan fingerprint density at radius 3 is 2.33 bits per heavy atom. The van der Waals surface area contributed by atoms with Gasteiger partial charge in [-0.1, -0.05) is 36.4 Å². The molecule has 1 aromatic heterocycles. The lowest BCUT2D eigenvalue weighted by atomic mass is 10.2. The predicted molar refractivity (Wildman–Crippen MR) is 77.0 cm³/mol. The number of aromatic nitrogens is 2. The molecule has 0 saturated heterocycles. The van der Waals surface area contributed by atoms with Gasteiger partial charge in [-0.25, -0.2) is 4.98 Å². The third kappa shape index (κ3) is 3.25. The Morgan fingerprint density at radius 2 is 1.67 bits per heavy atom. The molecule has 2 rings (SSSR count). The minimum atomic E-state index is 0.689. The summed E-state index contributed by atoms with van der Waals surface area (Å²) in [6.45, 7) is 0. The zero-order valence-corrected chi connectivity index (χ0v) is 11.0. The van der Waals surface area contributed by atoms with Crippen LogP contribution in [0.4, 0.5) is 5.82 Å². The highest BCUT2D eigenvalue weighted by Crippen LogP contribution is 2.14. The first-order chi connectivity index (χ1) is 8.55. The molecule has 0 bridgehead atoms. The summed E-state index contributed by atoms with van der Waals surface area (Å²) in [6.07, 6.45) is 5.68. The van der Waals surface area contributed by atoms with Gasteiger partial charge in [0.15, 0.2) is 0 Å². The van der Waals surface area contributed by atoms with Crippen molar-refractivity contribution in [2.75, 3.05) is 21.1 Å². The highest BCUT2D eigenvalue weighted by atomic mass is 15.3. The SMILES string of the molecule is C[N+](C)(C)c1cc(/C=C/c2ccccc2)ncn1. The molecule has 0 spiro atoms. The van der Waals surface area contributed by atoms with Crippen LogP contribution in [0.25, 0.3) is 12.2 Å². The largest absolute Gasteiger partial charge is 0.282 e. The van der Waals surface area contributed by atoms with Crippen LogP contribution in [0, 0.1) is 0 Å². The second-order valence-corrected chi connectivity index (χ2v) is 5.06. The second kappa shape index (κ2) is 5.10. The summed E-state index contributed by atoms with van der Waals surface area (Å²) in [5, 5.41) is 0. The zero-order valence-electron chi connectivity index (χ0n) is 11.0. The molecule has 1 heterocycles. The van der Waals surface area contributed by atoms with E-state index in [1.165, 1.54) is 5.56 Å². The third-order valence-electron chi connectivity index (χ3n) is 2.61. The second-order valence-electron chi connectivity index (χ2n) is 5.06. The van der Waals surface area contributed by atoms with Crippen molar-refractivity contribution < 1.29 is 0 Å². The average Bonchev–Trinajstić information content (AvgIpc) is 2.37. The molecule has 92 valence electrons. The van der Waals surface area contributed by atoms with E-state index in [1.54, 1.807) is 6.33 Å². The minimum Gasteiger partial charge on any atom is -0.282 e. The molecule has 3 heteroatoms. The maximum absolute atomic E-state index is 4.29. The zero-order chi connectivity index (χ0) is 13.0. The van der Waals surface area contributed by atoms with Crippen molar-refractivity contribution in [1.29, 1.82) is 0 Å². The molecule has 18 heavy (non-hydrogen) atoms. The van der Waals surface area contributed by atoms with Crippen LogP contribution in [0.5, 0.6) is 0 Å². The molecule has 0 aliphatic heterocycles. The van der Waals surface area contributed by atoms with Gasteiger partial charge in [-0.2, -0.15) is 4.98 Å². The van der Waals surface area contributed by atoms with Crippen LogP contribution in [0.3, 0.4) is 0 Å². The topological polar surface area (TPSA) is 25.8 Å². The highest BCUT2D eigenvalue weighted by molar-refractivity contribution is 5.68. The van der Waals surface area contributed by atoms with E-state index in [1.807, 2.05) is 30.3 Å². The van der Waals surface area contributed by atoms with Crippen LogP contribution in [-0.2, 0) is 0 Å². The maximum atomic E-state index is 4.29. The summed E-state index contributed by atoms with van der Waals surface area (Å²) < 4.78 is 0.689. The van der Waals surface area contributed by atoms with Crippen molar-refractivity contribution in [2.45, 2.75) is 0 Å². The van der Waals surface area contributed by atoms with Crippen LogP contribution >= 0.6 is 0 Å². The van der Waals surface area contributed by atoms with E-state index in [9.17, 15) is 0 Å². The molecule has 3 nitrogen and oxygen atoms in total. The molecule has 0 radical (unpaired) electrons. The number of nitrogens with zero attached hydrogens (tertiary/aromatic N) is 3. The Kier molecular flexibility index (Phi) is 3.53. The summed E-state index contributed by atoms with van der Waals surface area (Å²) in [4.78, 5) is 8.55. The Hall–Kier alpha value is -2.00. The van der Waals surface area contributed by atoms with Gasteiger partial charge in [0, 0.05) is 6.07 Å². The fraction of sp³-hybridized carbons (Fsp3) is 0.200. The van der Waals surface area contributed by atoms with E-state index >= 15 is 0 Å². The Balaban J connectivity index is 2.23. The van der Waals surface area contributed by atoms with Crippen LogP contribution < -0.4 is 4.48 Å². The van der Waals surface area contributed by atoms with Gasteiger partial charge in [0.05, 0.1) is 26.8 Å². The molecule has 0 aliphatic rings. The highest BCUT2D eigenvalue weighted by Gasteiger charge is 2.13. The summed E-state index contributed by atoms with van der Waals surface area (Å²) in [5.41, 5.74) is 2.10. The number of rotatable bonds is 3. The normalized spacial score (nSPS) is 11.9. The first-order valence-corrected chi connectivity index (χ1v) is 5.93. The van der Waals surface area contributed by atoms with Crippen molar-refractivity contribution >= 4 is 18.0 Å². The van der Waals surface area contributed by atoms with Gasteiger partial charge < -0.3 is 0 Å². The molecular formula is C15H18N3+. The van der Waals surface area contributed by atoms with Crippen molar-refractivity contribution in [3.05, 3.63) is 54.0 Å². The fourth-order valence-electron chi connectivity index (χ4n) is 1.57. The number of hydrogen-bond acceptors (Lipinski definition) is 2. The molecule has 0 aliphatic carbocycles. The van der Waals surface area contributed by atoms with E-state index in [-0.39, 0.29) is 0 Å². The van der Waals surface area contributed by atoms with Gasteiger partial charge in [-0.05, 0) is 11.6 Å². The van der Waals surface area contributed by atoms with Gasteiger partial charge in [0.25, 0.3) is 0 Å². The van der Waals surface area contributed by atoms with E-state index in [2.05, 4.69) is 49.3 Å². The lowest BCUT2D eigenvalue weighted by Crippen LogP contribution is -2.35. The standard InChI is InChI=1S/C15H18N3/c1-18(2,3)15-11-14(16-12-17-15)10-9-13-7-5-4-6-8-13/h4-12H,1-3H3/q+1/b10-9+. The molecule has 0 N–H and O–H groups in total. The van der Waals surface area contributed by atoms with Crippen LogP contribution in [0.2, 0.25) is 0 Å². The van der Waals surface area contributed by atoms with Gasteiger partial charge in [-0.15, -0.1) is 0 Å². The molecule has 1 aromatic carbocycles. The van der Waals surface area contributed by atoms with Crippen LogP contribution in [-0.4, -0.2) is 31.1 Å². The van der Waals surface area contributed by atoms with Crippen molar-refractivity contribution in [2.24, 2.45) is 0 Å². The van der Waals surface area contributed by atoms with E-state index in [4.69, 9.17) is 0 Å². The Morgan fingerprint density at radius 1 is 0.944 bits per heavy atom. The third-order valence-corrected chi connectivity index (χ3v) is 2.61. The van der Waals surface area contributed by atoms with Gasteiger partial charge in [-0.3, -0.25) is 4.48 Å². The van der Waals surface area contributed by atoms with Crippen molar-refractivity contribution in [1.82, 2.24) is 14.5 Å². The van der Waals surface area contributed by atoms with E-state index in [0.29, 0.717) is 4.48 Å². The number of hydrogen-bond donors (Lipinski definition) is 0. The monoisotopic (exact) mass is 240 g/mol. The molecular weight excluding hydrogens is 222 g/mol. The lowest BCUT2D eigenvalue weighted by molar-refractivity contribution is 0.472. The summed E-state index contributed by atoms with van der Waals surface area (Å²) >= 11 is 0. The smallest absolute Gasteiger partial charge is 0.230 e. The molecule has 2 aromatic rings. The average molecular weight is 240 g/mol. The Labute approximate surface area is 108 Å². The first-order valence-electron chi connectivity index (χ1n) is 5.93. The summed E-state index contributed by atoms with van der Waals surface area (Å²) in [5.74, 6) is 0.998. The first kappa shape index (κ1) is 12.5. The van der Waals surface area contributed by atoms with Crippen LogP contribution in [0.1, 0.15) is 11.3 Å². The molecule has 0 unspecified atom stereocenters. The quantitative estimate of drug-likeness (QED) is 0.771. The maximum Gasteiger partial charge on any atom is 0.230 e.